The molecule has 22 heavy (non-hydrogen) atoms. The zero-order chi connectivity index (χ0) is 15.9. The maximum atomic E-state index is 13.3. The van der Waals surface area contributed by atoms with Crippen molar-refractivity contribution < 1.29 is 13.6 Å². The first kappa shape index (κ1) is 16.9. The molecule has 1 aromatic carbocycles. The Labute approximate surface area is 131 Å². The summed E-state index contributed by atoms with van der Waals surface area (Å²) in [6, 6.07) is 8.44. The van der Waals surface area contributed by atoms with Crippen molar-refractivity contribution in [3.63, 3.8) is 0 Å². The van der Waals surface area contributed by atoms with Crippen LogP contribution in [0.4, 0.5) is 8.78 Å². The Bertz CT molecular complexity index is 463. The second-order valence-corrected chi connectivity index (χ2v) is 6.09. The van der Waals surface area contributed by atoms with E-state index in [1.165, 1.54) is 11.3 Å². The van der Waals surface area contributed by atoms with Gasteiger partial charge in [0.25, 0.3) is 6.43 Å². The molecule has 1 aliphatic rings. The first-order valence-corrected chi connectivity index (χ1v) is 8.27. The Balaban J connectivity index is 1.86. The number of carbonyl (C=O) groups excluding carboxylic acids is 1. The molecule has 1 aromatic rings. The molecule has 2 unspecified atom stereocenters. The summed E-state index contributed by atoms with van der Waals surface area (Å²) in [5.74, 6) is -0.588. The van der Waals surface area contributed by atoms with E-state index in [4.69, 9.17) is 0 Å². The standard InChI is InChI=1S/C18H25F2NO/c1-2-3-4-5-9-12-15-16(17(19)20)21(18(15)22)13-14-10-7-6-8-11-14/h6-8,10-11,15-17H,2-5,9,12-13H2,1H3. The molecule has 2 rings (SSSR count). The van der Waals surface area contributed by atoms with Gasteiger partial charge in [0.1, 0.15) is 6.04 Å². The van der Waals surface area contributed by atoms with Gasteiger partial charge in [0.05, 0.1) is 5.92 Å². The van der Waals surface area contributed by atoms with Crippen molar-refractivity contribution in [2.75, 3.05) is 0 Å². The molecule has 1 saturated heterocycles. The van der Waals surface area contributed by atoms with Gasteiger partial charge in [-0.25, -0.2) is 8.78 Å². The van der Waals surface area contributed by atoms with Gasteiger partial charge >= 0.3 is 0 Å². The fourth-order valence-electron chi connectivity index (χ4n) is 3.18. The van der Waals surface area contributed by atoms with Crippen molar-refractivity contribution in [3.8, 4) is 0 Å². The van der Waals surface area contributed by atoms with Crippen LogP contribution in [-0.2, 0) is 11.3 Å². The molecule has 0 aliphatic carbocycles. The molecule has 122 valence electrons. The maximum absolute atomic E-state index is 13.3. The van der Waals surface area contributed by atoms with Crippen molar-refractivity contribution in [3.05, 3.63) is 35.9 Å². The monoisotopic (exact) mass is 309 g/mol. The molecule has 0 N–H and O–H groups in total. The van der Waals surface area contributed by atoms with E-state index in [1.807, 2.05) is 30.3 Å². The maximum Gasteiger partial charge on any atom is 0.259 e. The van der Waals surface area contributed by atoms with E-state index in [9.17, 15) is 13.6 Å². The predicted molar refractivity (Wildman–Crippen MR) is 83.7 cm³/mol. The molecule has 2 atom stereocenters. The van der Waals surface area contributed by atoms with Gasteiger partial charge in [-0.05, 0) is 12.0 Å². The topological polar surface area (TPSA) is 20.3 Å². The van der Waals surface area contributed by atoms with Gasteiger partial charge < -0.3 is 4.90 Å². The molecule has 4 heteroatoms. The Morgan fingerprint density at radius 2 is 1.77 bits per heavy atom. The number of amides is 1. The number of carbonyl (C=O) groups is 1. The van der Waals surface area contributed by atoms with Crippen LogP contribution in [-0.4, -0.2) is 23.3 Å². The fraction of sp³-hybridized carbons (Fsp3) is 0.611. The average molecular weight is 309 g/mol. The summed E-state index contributed by atoms with van der Waals surface area (Å²) < 4.78 is 26.6. The molecule has 1 heterocycles. The second-order valence-electron chi connectivity index (χ2n) is 6.09. The molecule has 0 radical (unpaired) electrons. The molecule has 1 aliphatic heterocycles. The third-order valence-electron chi connectivity index (χ3n) is 4.45. The lowest BCUT2D eigenvalue weighted by Crippen LogP contribution is -2.63. The molecule has 0 bridgehead atoms. The lowest BCUT2D eigenvalue weighted by molar-refractivity contribution is -0.169. The number of hydrogen-bond acceptors (Lipinski definition) is 1. The van der Waals surface area contributed by atoms with E-state index < -0.39 is 18.4 Å². The lowest BCUT2D eigenvalue weighted by Gasteiger charge is -2.47. The Morgan fingerprint density at radius 3 is 2.41 bits per heavy atom. The van der Waals surface area contributed by atoms with Crippen molar-refractivity contribution in [1.82, 2.24) is 4.90 Å². The molecule has 1 amide bonds. The molecular formula is C18H25F2NO. The number of benzene rings is 1. The van der Waals surface area contributed by atoms with E-state index in [2.05, 4.69) is 6.92 Å². The van der Waals surface area contributed by atoms with E-state index in [0.29, 0.717) is 13.0 Å². The van der Waals surface area contributed by atoms with Crippen LogP contribution in [0.25, 0.3) is 0 Å². The summed E-state index contributed by atoms with van der Waals surface area (Å²) in [4.78, 5) is 13.5. The van der Waals surface area contributed by atoms with Crippen LogP contribution >= 0.6 is 0 Å². The summed E-state index contributed by atoms with van der Waals surface area (Å²) in [6.07, 6.45) is 3.52. The van der Waals surface area contributed by atoms with Crippen molar-refractivity contribution >= 4 is 5.91 Å². The largest absolute Gasteiger partial charge is 0.329 e. The predicted octanol–water partition coefficient (Wildman–Crippen LogP) is 4.64. The smallest absolute Gasteiger partial charge is 0.259 e. The Kier molecular flexibility index (Phi) is 6.34. The zero-order valence-corrected chi connectivity index (χ0v) is 13.2. The highest BCUT2D eigenvalue weighted by atomic mass is 19.3. The van der Waals surface area contributed by atoms with Gasteiger partial charge in [-0.2, -0.15) is 0 Å². The van der Waals surface area contributed by atoms with Crippen LogP contribution in [0, 0.1) is 5.92 Å². The van der Waals surface area contributed by atoms with E-state index in [0.717, 1.165) is 31.2 Å². The van der Waals surface area contributed by atoms with Crippen molar-refractivity contribution in [2.24, 2.45) is 5.92 Å². The second kappa shape index (κ2) is 8.25. The quantitative estimate of drug-likeness (QED) is 0.481. The van der Waals surface area contributed by atoms with E-state index in [1.54, 1.807) is 0 Å². The molecule has 0 spiro atoms. The highest BCUT2D eigenvalue weighted by Gasteiger charge is 2.51. The minimum Gasteiger partial charge on any atom is -0.329 e. The van der Waals surface area contributed by atoms with Gasteiger partial charge in [0.2, 0.25) is 5.91 Å². The normalized spacial score (nSPS) is 21.3. The van der Waals surface area contributed by atoms with Crippen LogP contribution in [0.3, 0.4) is 0 Å². The fourth-order valence-corrected chi connectivity index (χ4v) is 3.18. The minimum absolute atomic E-state index is 0.107. The number of nitrogens with zero attached hydrogens (tertiary/aromatic N) is 1. The van der Waals surface area contributed by atoms with Gasteiger partial charge in [-0.1, -0.05) is 69.4 Å². The van der Waals surface area contributed by atoms with E-state index in [-0.39, 0.29) is 5.91 Å². The number of β-lactam (4-membered cyclic amide) rings is 1. The summed E-state index contributed by atoms with van der Waals surface area (Å²) in [6.45, 7) is 2.44. The molecule has 2 nitrogen and oxygen atoms in total. The van der Waals surface area contributed by atoms with Gasteiger partial charge in [-0.15, -0.1) is 0 Å². The first-order chi connectivity index (χ1) is 10.6. The van der Waals surface area contributed by atoms with Crippen LogP contribution in [0.15, 0.2) is 30.3 Å². The highest BCUT2D eigenvalue weighted by Crippen LogP contribution is 2.36. The van der Waals surface area contributed by atoms with Gasteiger partial charge in [0.15, 0.2) is 0 Å². The number of likely N-dealkylation sites (tertiary alicyclic amines) is 1. The summed E-state index contributed by atoms with van der Waals surface area (Å²) in [7, 11) is 0. The molecular weight excluding hydrogens is 284 g/mol. The number of hydrogen-bond donors (Lipinski definition) is 0. The minimum atomic E-state index is -2.46. The SMILES string of the molecule is CCCCCCCC1C(=O)N(Cc2ccccc2)C1C(F)F. The first-order valence-electron chi connectivity index (χ1n) is 8.27. The van der Waals surface area contributed by atoms with Crippen molar-refractivity contribution in [2.45, 2.75) is 64.5 Å². The van der Waals surface area contributed by atoms with Crippen LogP contribution in [0.2, 0.25) is 0 Å². The average Bonchev–Trinajstić information content (AvgIpc) is 2.52. The van der Waals surface area contributed by atoms with Crippen molar-refractivity contribution in [1.29, 1.82) is 0 Å². The van der Waals surface area contributed by atoms with Crippen LogP contribution in [0.1, 0.15) is 51.0 Å². The lowest BCUT2D eigenvalue weighted by atomic mass is 9.82. The molecule has 0 aromatic heterocycles. The zero-order valence-electron chi connectivity index (χ0n) is 13.2. The van der Waals surface area contributed by atoms with Crippen LogP contribution < -0.4 is 0 Å². The molecule has 1 fully saturated rings. The summed E-state index contributed by atoms with van der Waals surface area (Å²) in [5.41, 5.74) is 0.905. The van der Waals surface area contributed by atoms with Crippen LogP contribution in [0.5, 0.6) is 0 Å². The van der Waals surface area contributed by atoms with Gasteiger partial charge in [-0.3, -0.25) is 4.79 Å². The summed E-state index contributed by atoms with van der Waals surface area (Å²) >= 11 is 0. The molecule has 0 saturated carbocycles. The number of alkyl halides is 2. The number of halogens is 2. The van der Waals surface area contributed by atoms with E-state index >= 15 is 0 Å². The number of unbranched alkanes of at least 4 members (excludes halogenated alkanes) is 4. The summed E-state index contributed by atoms with van der Waals surface area (Å²) in [5, 5.41) is 0. The number of rotatable bonds is 9. The Hall–Kier alpha value is -1.45. The third-order valence-corrected chi connectivity index (χ3v) is 4.45. The van der Waals surface area contributed by atoms with Gasteiger partial charge in [0, 0.05) is 6.54 Å². The Morgan fingerprint density at radius 1 is 1.09 bits per heavy atom. The third kappa shape index (κ3) is 4.05. The highest BCUT2D eigenvalue weighted by molar-refractivity contribution is 5.86.